The molecule has 36 heavy (non-hydrogen) atoms. The van der Waals surface area contributed by atoms with Gasteiger partial charge in [-0.2, -0.15) is 5.10 Å². The van der Waals surface area contributed by atoms with Gasteiger partial charge in [0.2, 0.25) is 5.91 Å². The molecule has 0 aliphatic heterocycles. The fourth-order valence-corrected chi connectivity index (χ4v) is 4.05. The number of carbonyl (C=O) groups excluding carboxylic acids is 1. The maximum Gasteiger partial charge on any atom is 0.220 e. The van der Waals surface area contributed by atoms with Crippen molar-refractivity contribution in [3.05, 3.63) is 83.9 Å². The molecule has 2 aromatic carbocycles. The molecule has 0 aliphatic carbocycles. The summed E-state index contributed by atoms with van der Waals surface area (Å²) >= 11 is 0. The third kappa shape index (κ3) is 5.22. The molecule has 0 atom stereocenters. The van der Waals surface area contributed by atoms with Crippen molar-refractivity contribution in [3.63, 3.8) is 0 Å². The molecule has 0 radical (unpaired) electrons. The van der Waals surface area contributed by atoms with E-state index in [0.717, 1.165) is 53.4 Å². The first-order valence-corrected chi connectivity index (χ1v) is 12.4. The van der Waals surface area contributed by atoms with E-state index in [4.69, 9.17) is 9.84 Å². The molecular weight excluding hydrogens is 452 g/mol. The smallest absolute Gasteiger partial charge is 0.220 e. The molecule has 3 aromatic heterocycles. The van der Waals surface area contributed by atoms with E-state index in [0.29, 0.717) is 25.0 Å². The molecule has 1 amide bonds. The number of aryl methyl sites for hydroxylation is 2. The first-order chi connectivity index (χ1) is 17.6. The number of rotatable bonds is 10. The molecule has 8 heteroatoms. The second kappa shape index (κ2) is 10.6. The second-order valence-electron chi connectivity index (χ2n) is 8.96. The molecule has 0 saturated carbocycles. The SMILES string of the molecule is CCCCOc1ccc(-c2cc3c4nnc(CCC(=O)NCc5ccc(C)cc5)n4ccn3n2)cc1. The van der Waals surface area contributed by atoms with E-state index in [1.807, 2.05) is 82.8 Å². The summed E-state index contributed by atoms with van der Waals surface area (Å²) in [6.07, 6.45) is 6.77. The van der Waals surface area contributed by atoms with E-state index in [9.17, 15) is 4.79 Å². The molecule has 184 valence electrons. The number of hydrogen-bond acceptors (Lipinski definition) is 5. The molecule has 0 bridgehead atoms. The summed E-state index contributed by atoms with van der Waals surface area (Å²) in [5, 5.41) is 16.4. The van der Waals surface area contributed by atoms with Crippen LogP contribution >= 0.6 is 0 Å². The van der Waals surface area contributed by atoms with Gasteiger partial charge in [0.15, 0.2) is 5.65 Å². The van der Waals surface area contributed by atoms with Crippen LogP contribution in [0, 0.1) is 6.92 Å². The quantitative estimate of drug-likeness (QED) is 0.290. The monoisotopic (exact) mass is 482 g/mol. The lowest BCUT2D eigenvalue weighted by atomic mass is 10.1. The maximum absolute atomic E-state index is 12.4. The number of carbonyl (C=O) groups is 1. The fourth-order valence-electron chi connectivity index (χ4n) is 4.05. The molecular formula is C28H30N6O2. The van der Waals surface area contributed by atoms with Crippen LogP contribution in [0.2, 0.25) is 0 Å². The zero-order valence-electron chi connectivity index (χ0n) is 20.6. The molecule has 0 spiro atoms. The summed E-state index contributed by atoms with van der Waals surface area (Å²) in [6, 6.07) is 18.2. The Morgan fingerprint density at radius 3 is 2.61 bits per heavy atom. The van der Waals surface area contributed by atoms with Crippen molar-refractivity contribution in [2.45, 2.75) is 46.1 Å². The number of amides is 1. The van der Waals surface area contributed by atoms with E-state index in [1.165, 1.54) is 5.56 Å². The van der Waals surface area contributed by atoms with E-state index >= 15 is 0 Å². The highest BCUT2D eigenvalue weighted by atomic mass is 16.5. The van der Waals surface area contributed by atoms with Crippen LogP contribution in [0.4, 0.5) is 0 Å². The van der Waals surface area contributed by atoms with Crippen LogP contribution in [0.5, 0.6) is 5.75 Å². The molecule has 3 heterocycles. The van der Waals surface area contributed by atoms with Gasteiger partial charge in [0.1, 0.15) is 17.1 Å². The molecule has 0 saturated heterocycles. The van der Waals surface area contributed by atoms with Crippen molar-refractivity contribution in [2.24, 2.45) is 0 Å². The minimum atomic E-state index is -0.0119. The van der Waals surface area contributed by atoms with E-state index < -0.39 is 0 Å². The number of unbranched alkanes of at least 4 members (excludes halogenated alkanes) is 1. The Morgan fingerprint density at radius 2 is 1.83 bits per heavy atom. The van der Waals surface area contributed by atoms with E-state index in [1.54, 1.807) is 0 Å². The summed E-state index contributed by atoms with van der Waals surface area (Å²) in [5.41, 5.74) is 5.71. The molecule has 1 N–H and O–H groups in total. The zero-order valence-corrected chi connectivity index (χ0v) is 20.6. The molecule has 0 unspecified atom stereocenters. The van der Waals surface area contributed by atoms with Crippen molar-refractivity contribution in [1.82, 2.24) is 29.5 Å². The van der Waals surface area contributed by atoms with Crippen LogP contribution < -0.4 is 10.1 Å². The number of benzene rings is 2. The van der Waals surface area contributed by atoms with E-state index in [2.05, 4.69) is 22.4 Å². The third-order valence-corrected chi connectivity index (χ3v) is 6.19. The van der Waals surface area contributed by atoms with Crippen LogP contribution in [0.1, 0.15) is 43.1 Å². The summed E-state index contributed by atoms with van der Waals surface area (Å²) in [7, 11) is 0. The summed E-state index contributed by atoms with van der Waals surface area (Å²) in [4.78, 5) is 12.4. The third-order valence-electron chi connectivity index (χ3n) is 6.19. The highest BCUT2D eigenvalue weighted by Gasteiger charge is 2.14. The molecule has 0 aliphatic rings. The predicted molar refractivity (Wildman–Crippen MR) is 139 cm³/mol. The van der Waals surface area contributed by atoms with Gasteiger partial charge in [-0.1, -0.05) is 43.2 Å². The van der Waals surface area contributed by atoms with Crippen molar-refractivity contribution >= 4 is 17.1 Å². The van der Waals surface area contributed by atoms with Gasteiger partial charge in [-0.25, -0.2) is 4.52 Å². The molecule has 8 nitrogen and oxygen atoms in total. The van der Waals surface area contributed by atoms with Crippen LogP contribution in [-0.4, -0.2) is 36.7 Å². The van der Waals surface area contributed by atoms with Crippen LogP contribution in [-0.2, 0) is 17.8 Å². The second-order valence-corrected chi connectivity index (χ2v) is 8.96. The standard InChI is InChI=1S/C28H30N6O2/c1-3-4-17-36-23-11-9-22(10-12-23)24-18-25-28-31-30-26(33(28)15-16-34(25)32-24)13-14-27(35)29-19-21-7-5-20(2)6-8-21/h5-12,15-16,18H,3-4,13-14,17,19H2,1-2H3,(H,29,35). The van der Waals surface area contributed by atoms with Gasteiger partial charge in [0, 0.05) is 37.3 Å². The lowest BCUT2D eigenvalue weighted by Gasteiger charge is -2.05. The van der Waals surface area contributed by atoms with Crippen molar-refractivity contribution in [2.75, 3.05) is 6.61 Å². The summed E-state index contributed by atoms with van der Waals surface area (Å²) in [5.74, 6) is 1.60. The number of hydrogen-bond donors (Lipinski definition) is 1. The van der Waals surface area contributed by atoms with Gasteiger partial charge in [-0.05, 0) is 49.2 Å². The first-order valence-electron chi connectivity index (χ1n) is 12.4. The van der Waals surface area contributed by atoms with Crippen molar-refractivity contribution in [3.8, 4) is 17.0 Å². The van der Waals surface area contributed by atoms with Gasteiger partial charge in [0.05, 0.1) is 12.3 Å². The Hall–Kier alpha value is -4.20. The van der Waals surface area contributed by atoms with Gasteiger partial charge in [-0.15, -0.1) is 10.2 Å². The Morgan fingerprint density at radius 1 is 1.03 bits per heavy atom. The van der Waals surface area contributed by atoms with Gasteiger partial charge in [-0.3, -0.25) is 9.20 Å². The van der Waals surface area contributed by atoms with Gasteiger partial charge in [0.25, 0.3) is 0 Å². The van der Waals surface area contributed by atoms with Gasteiger partial charge < -0.3 is 10.1 Å². The molecule has 5 rings (SSSR count). The van der Waals surface area contributed by atoms with Gasteiger partial charge >= 0.3 is 0 Å². The average molecular weight is 483 g/mol. The van der Waals surface area contributed by atoms with Crippen LogP contribution in [0.15, 0.2) is 67.0 Å². The Bertz CT molecular complexity index is 1470. The zero-order chi connectivity index (χ0) is 24.9. The minimum absolute atomic E-state index is 0.0119. The fraction of sp³-hybridized carbons (Fsp3) is 0.286. The number of nitrogens with one attached hydrogen (secondary N) is 1. The highest BCUT2D eigenvalue weighted by molar-refractivity contribution is 5.77. The lowest BCUT2D eigenvalue weighted by Crippen LogP contribution is -2.23. The summed E-state index contributed by atoms with van der Waals surface area (Å²) in [6.45, 7) is 5.44. The van der Waals surface area contributed by atoms with Crippen LogP contribution in [0.3, 0.4) is 0 Å². The number of fused-ring (bicyclic) bond motifs is 3. The Labute approximate surface area is 209 Å². The average Bonchev–Trinajstić information content (AvgIpc) is 3.52. The van der Waals surface area contributed by atoms with Crippen molar-refractivity contribution in [1.29, 1.82) is 0 Å². The maximum atomic E-state index is 12.4. The molecule has 5 aromatic rings. The van der Waals surface area contributed by atoms with Crippen molar-refractivity contribution < 1.29 is 9.53 Å². The Balaban J connectivity index is 1.26. The normalized spacial score (nSPS) is 11.3. The number of aromatic nitrogens is 5. The van der Waals surface area contributed by atoms with E-state index in [-0.39, 0.29) is 5.91 Å². The Kier molecular flexibility index (Phi) is 6.93. The number of nitrogens with zero attached hydrogens (tertiary/aromatic N) is 5. The highest BCUT2D eigenvalue weighted by Crippen LogP contribution is 2.24. The van der Waals surface area contributed by atoms with Crippen LogP contribution in [0.25, 0.3) is 22.4 Å². The lowest BCUT2D eigenvalue weighted by molar-refractivity contribution is -0.121. The summed E-state index contributed by atoms with van der Waals surface area (Å²) < 4.78 is 9.50. The molecule has 0 fully saturated rings. The largest absolute Gasteiger partial charge is 0.494 e. The topological polar surface area (TPSA) is 85.8 Å². The minimum Gasteiger partial charge on any atom is -0.494 e. The number of ether oxygens (including phenoxy) is 1. The first kappa shape index (κ1) is 23.5. The predicted octanol–water partition coefficient (Wildman–Crippen LogP) is 4.78.